The SMILES string of the molecule is CCNCCCNCc1cncs1. The van der Waals surface area contributed by atoms with Crippen LogP contribution in [0.2, 0.25) is 0 Å². The lowest BCUT2D eigenvalue weighted by Gasteiger charge is -2.02. The Kier molecular flexibility index (Phi) is 5.73. The average molecular weight is 199 g/mol. The minimum absolute atomic E-state index is 0.955. The van der Waals surface area contributed by atoms with Gasteiger partial charge in [-0.05, 0) is 26.1 Å². The zero-order valence-electron chi connectivity index (χ0n) is 8.05. The third-order valence-electron chi connectivity index (χ3n) is 1.74. The Labute approximate surface area is 83.6 Å². The Morgan fingerprint density at radius 2 is 2.23 bits per heavy atom. The van der Waals surface area contributed by atoms with Crippen molar-refractivity contribution in [3.8, 4) is 0 Å². The maximum absolute atomic E-state index is 4.02. The first-order chi connectivity index (χ1) is 6.43. The summed E-state index contributed by atoms with van der Waals surface area (Å²) >= 11 is 1.70. The van der Waals surface area contributed by atoms with Gasteiger partial charge in [0.05, 0.1) is 5.51 Å². The molecular formula is C9H17N3S. The highest BCUT2D eigenvalue weighted by Gasteiger charge is 1.92. The second kappa shape index (κ2) is 7.00. The van der Waals surface area contributed by atoms with Crippen LogP contribution in [0.25, 0.3) is 0 Å². The van der Waals surface area contributed by atoms with Gasteiger partial charge >= 0.3 is 0 Å². The Morgan fingerprint density at radius 3 is 2.92 bits per heavy atom. The van der Waals surface area contributed by atoms with Gasteiger partial charge in [0, 0.05) is 17.6 Å². The third-order valence-corrected chi connectivity index (χ3v) is 2.52. The van der Waals surface area contributed by atoms with Gasteiger partial charge < -0.3 is 10.6 Å². The average Bonchev–Trinajstić information content (AvgIpc) is 2.63. The summed E-state index contributed by atoms with van der Waals surface area (Å²) in [6, 6.07) is 0. The highest BCUT2D eigenvalue weighted by atomic mass is 32.1. The Hall–Kier alpha value is -0.450. The number of nitrogens with one attached hydrogen (secondary N) is 2. The van der Waals surface area contributed by atoms with Crippen molar-refractivity contribution in [3.05, 3.63) is 16.6 Å². The summed E-state index contributed by atoms with van der Waals surface area (Å²) in [6.07, 6.45) is 3.11. The van der Waals surface area contributed by atoms with Gasteiger partial charge in [-0.2, -0.15) is 0 Å². The van der Waals surface area contributed by atoms with Gasteiger partial charge in [-0.3, -0.25) is 4.98 Å². The van der Waals surface area contributed by atoms with E-state index in [2.05, 4.69) is 22.5 Å². The molecule has 1 rings (SSSR count). The van der Waals surface area contributed by atoms with Crippen molar-refractivity contribution in [2.75, 3.05) is 19.6 Å². The molecular weight excluding hydrogens is 182 g/mol. The molecule has 4 heteroatoms. The van der Waals surface area contributed by atoms with Crippen molar-refractivity contribution >= 4 is 11.3 Å². The molecule has 0 radical (unpaired) electrons. The van der Waals surface area contributed by atoms with Crippen LogP contribution in [0.4, 0.5) is 0 Å². The smallest absolute Gasteiger partial charge is 0.0794 e. The fourth-order valence-corrected chi connectivity index (χ4v) is 1.62. The second-order valence-corrected chi connectivity index (χ2v) is 3.82. The van der Waals surface area contributed by atoms with Crippen LogP contribution in [0, 0.1) is 0 Å². The minimum atomic E-state index is 0.955. The third kappa shape index (κ3) is 4.98. The van der Waals surface area contributed by atoms with Crippen LogP contribution in [0.5, 0.6) is 0 Å². The van der Waals surface area contributed by atoms with E-state index in [4.69, 9.17) is 0 Å². The lowest BCUT2D eigenvalue weighted by Crippen LogP contribution is -2.21. The highest BCUT2D eigenvalue weighted by Crippen LogP contribution is 2.03. The first-order valence-electron chi connectivity index (χ1n) is 4.72. The molecule has 0 aromatic carbocycles. The molecule has 0 fully saturated rings. The van der Waals surface area contributed by atoms with Crippen molar-refractivity contribution in [2.45, 2.75) is 19.9 Å². The molecule has 0 saturated heterocycles. The molecule has 0 unspecified atom stereocenters. The quantitative estimate of drug-likeness (QED) is 0.649. The zero-order chi connectivity index (χ0) is 9.36. The molecule has 0 aliphatic heterocycles. The molecule has 0 atom stereocenters. The molecule has 0 bridgehead atoms. The number of aromatic nitrogens is 1. The molecule has 74 valence electrons. The Morgan fingerprint density at radius 1 is 1.38 bits per heavy atom. The number of nitrogens with zero attached hydrogens (tertiary/aromatic N) is 1. The number of hydrogen-bond donors (Lipinski definition) is 2. The van der Waals surface area contributed by atoms with E-state index in [0.717, 1.165) is 26.2 Å². The summed E-state index contributed by atoms with van der Waals surface area (Å²) in [5.41, 5.74) is 1.87. The van der Waals surface area contributed by atoms with Gasteiger partial charge in [-0.1, -0.05) is 6.92 Å². The molecule has 0 aliphatic carbocycles. The molecule has 1 aromatic rings. The van der Waals surface area contributed by atoms with Gasteiger partial charge in [0.25, 0.3) is 0 Å². The number of thiazole rings is 1. The Bertz CT molecular complexity index is 199. The van der Waals surface area contributed by atoms with Crippen LogP contribution >= 0.6 is 11.3 Å². The van der Waals surface area contributed by atoms with Crippen LogP contribution in [-0.4, -0.2) is 24.6 Å². The van der Waals surface area contributed by atoms with Crippen molar-refractivity contribution in [1.82, 2.24) is 15.6 Å². The van der Waals surface area contributed by atoms with Crippen LogP contribution < -0.4 is 10.6 Å². The van der Waals surface area contributed by atoms with E-state index >= 15 is 0 Å². The van der Waals surface area contributed by atoms with Gasteiger partial charge in [0.15, 0.2) is 0 Å². The fraction of sp³-hybridized carbons (Fsp3) is 0.667. The number of rotatable bonds is 7. The first kappa shape index (κ1) is 10.6. The van der Waals surface area contributed by atoms with Crippen molar-refractivity contribution in [2.24, 2.45) is 0 Å². The highest BCUT2D eigenvalue weighted by molar-refractivity contribution is 7.09. The maximum atomic E-state index is 4.02. The topological polar surface area (TPSA) is 37.0 Å². The predicted molar refractivity (Wildman–Crippen MR) is 57.0 cm³/mol. The molecule has 0 saturated carbocycles. The summed E-state index contributed by atoms with van der Waals surface area (Å²) in [7, 11) is 0. The minimum Gasteiger partial charge on any atom is -0.317 e. The summed E-state index contributed by atoms with van der Waals surface area (Å²) in [5, 5.41) is 6.67. The second-order valence-electron chi connectivity index (χ2n) is 2.85. The monoisotopic (exact) mass is 199 g/mol. The maximum Gasteiger partial charge on any atom is 0.0794 e. The molecule has 13 heavy (non-hydrogen) atoms. The van der Waals surface area contributed by atoms with Crippen LogP contribution in [0.1, 0.15) is 18.2 Å². The van der Waals surface area contributed by atoms with Crippen LogP contribution in [0.3, 0.4) is 0 Å². The van der Waals surface area contributed by atoms with E-state index in [-0.39, 0.29) is 0 Å². The van der Waals surface area contributed by atoms with Crippen LogP contribution in [-0.2, 0) is 6.54 Å². The van der Waals surface area contributed by atoms with Crippen LogP contribution in [0.15, 0.2) is 11.7 Å². The molecule has 0 spiro atoms. The van der Waals surface area contributed by atoms with Gasteiger partial charge in [0.1, 0.15) is 0 Å². The van der Waals surface area contributed by atoms with Crippen molar-refractivity contribution in [1.29, 1.82) is 0 Å². The molecule has 0 aliphatic rings. The number of hydrogen-bond acceptors (Lipinski definition) is 4. The van der Waals surface area contributed by atoms with Gasteiger partial charge in [-0.25, -0.2) is 0 Å². The zero-order valence-corrected chi connectivity index (χ0v) is 8.86. The molecule has 1 heterocycles. The van der Waals surface area contributed by atoms with E-state index in [1.807, 2.05) is 11.7 Å². The summed E-state index contributed by atoms with van der Waals surface area (Å²) in [4.78, 5) is 5.33. The summed E-state index contributed by atoms with van der Waals surface area (Å²) in [5.74, 6) is 0. The lowest BCUT2D eigenvalue weighted by molar-refractivity contribution is 0.608. The Balaban J connectivity index is 1.90. The fourth-order valence-electron chi connectivity index (χ4n) is 1.06. The standard InChI is InChI=1S/C9H17N3S/c1-2-10-4-3-5-11-6-9-7-12-8-13-9/h7-8,10-11H,2-6H2,1H3. The van der Waals surface area contributed by atoms with Crippen molar-refractivity contribution in [3.63, 3.8) is 0 Å². The first-order valence-corrected chi connectivity index (χ1v) is 5.60. The molecule has 2 N–H and O–H groups in total. The summed E-state index contributed by atoms with van der Waals surface area (Å²) in [6.45, 7) is 6.33. The van der Waals surface area contributed by atoms with E-state index < -0.39 is 0 Å². The van der Waals surface area contributed by atoms with E-state index in [1.165, 1.54) is 11.3 Å². The predicted octanol–water partition coefficient (Wildman–Crippen LogP) is 1.23. The van der Waals surface area contributed by atoms with Gasteiger partial charge in [-0.15, -0.1) is 11.3 Å². The van der Waals surface area contributed by atoms with Crippen molar-refractivity contribution < 1.29 is 0 Å². The van der Waals surface area contributed by atoms with E-state index in [0.29, 0.717) is 0 Å². The van der Waals surface area contributed by atoms with E-state index in [9.17, 15) is 0 Å². The molecule has 1 aromatic heterocycles. The van der Waals surface area contributed by atoms with E-state index in [1.54, 1.807) is 11.3 Å². The molecule has 0 amide bonds. The largest absolute Gasteiger partial charge is 0.317 e. The lowest BCUT2D eigenvalue weighted by atomic mass is 10.4. The molecule has 3 nitrogen and oxygen atoms in total. The normalized spacial score (nSPS) is 10.5. The van der Waals surface area contributed by atoms with Gasteiger partial charge in [0.2, 0.25) is 0 Å². The summed E-state index contributed by atoms with van der Waals surface area (Å²) < 4.78 is 0.